The van der Waals surface area contributed by atoms with Crippen LogP contribution >= 0.6 is 0 Å². The molecule has 0 aliphatic carbocycles. The Balaban J connectivity index is 1.55. The van der Waals surface area contributed by atoms with Crippen LogP contribution in [0.4, 0.5) is 10.5 Å². The molecule has 9 heteroatoms. The number of rotatable bonds is 4. The molecule has 9 nitrogen and oxygen atoms in total. The highest BCUT2D eigenvalue weighted by Crippen LogP contribution is 2.31. The maximum atomic E-state index is 13.0. The van der Waals surface area contributed by atoms with Crippen LogP contribution in [-0.4, -0.2) is 41.7 Å². The minimum atomic E-state index is -1.34. The number of carbonyl (C=O) groups is 4. The van der Waals surface area contributed by atoms with Gasteiger partial charge >= 0.3 is 6.03 Å². The van der Waals surface area contributed by atoms with E-state index in [0.717, 1.165) is 4.90 Å². The van der Waals surface area contributed by atoms with E-state index in [1.807, 2.05) is 6.07 Å². The first kappa shape index (κ1) is 19.1. The fourth-order valence-corrected chi connectivity index (χ4v) is 3.41. The number of fused-ring (bicyclic) bond motifs is 1. The Morgan fingerprint density at radius 2 is 1.93 bits per heavy atom. The molecule has 150 valence electrons. The lowest BCUT2D eigenvalue weighted by atomic mass is 9.91. The van der Waals surface area contributed by atoms with Crippen molar-refractivity contribution in [3.8, 4) is 11.8 Å². The molecule has 30 heavy (non-hydrogen) atoms. The number of ketones is 1. The zero-order valence-electron chi connectivity index (χ0n) is 15.9. The summed E-state index contributed by atoms with van der Waals surface area (Å²) < 4.78 is 5.26. The van der Waals surface area contributed by atoms with E-state index in [1.165, 1.54) is 12.1 Å². The normalized spacial score (nSPS) is 20.0. The van der Waals surface area contributed by atoms with E-state index in [9.17, 15) is 19.2 Å². The number of nitrogens with one attached hydrogen (secondary N) is 2. The molecule has 0 bridgehead atoms. The van der Waals surface area contributed by atoms with Crippen molar-refractivity contribution in [2.24, 2.45) is 0 Å². The quantitative estimate of drug-likeness (QED) is 0.588. The molecule has 1 fully saturated rings. The van der Waals surface area contributed by atoms with Crippen LogP contribution in [0.25, 0.3) is 0 Å². The van der Waals surface area contributed by atoms with E-state index >= 15 is 0 Å². The molecule has 2 aromatic carbocycles. The summed E-state index contributed by atoms with van der Waals surface area (Å²) in [5.74, 6) is -0.931. The van der Waals surface area contributed by atoms with Gasteiger partial charge in [-0.2, -0.15) is 5.26 Å². The molecule has 2 N–H and O–H groups in total. The standard InChI is InChI=1S/C21H16N4O5/c1-21(14-5-2-12(9-22)3-6-14)19(28)25(20(29)24-21)10-16(26)13-4-7-17-15(8-13)23-18(27)11-30-17/h2-8H,10-11H2,1H3,(H,23,27)(H,24,29). The number of hydrogen-bond acceptors (Lipinski definition) is 6. The van der Waals surface area contributed by atoms with Crippen LogP contribution in [0.5, 0.6) is 5.75 Å². The van der Waals surface area contributed by atoms with Gasteiger partial charge in [0.15, 0.2) is 12.4 Å². The average Bonchev–Trinajstić information content (AvgIpc) is 2.97. The van der Waals surface area contributed by atoms with Gasteiger partial charge in [-0.1, -0.05) is 12.1 Å². The van der Waals surface area contributed by atoms with Gasteiger partial charge in [-0.25, -0.2) is 4.79 Å². The first-order valence-electron chi connectivity index (χ1n) is 9.06. The number of amides is 4. The topological polar surface area (TPSA) is 129 Å². The van der Waals surface area contributed by atoms with Crippen LogP contribution in [-0.2, 0) is 15.1 Å². The monoisotopic (exact) mass is 404 g/mol. The Morgan fingerprint density at radius 3 is 2.63 bits per heavy atom. The molecule has 0 spiro atoms. The van der Waals surface area contributed by atoms with E-state index in [0.29, 0.717) is 22.6 Å². The highest BCUT2D eigenvalue weighted by atomic mass is 16.5. The molecule has 1 saturated heterocycles. The van der Waals surface area contributed by atoms with Gasteiger partial charge in [-0.15, -0.1) is 0 Å². The molecule has 4 rings (SSSR count). The van der Waals surface area contributed by atoms with Crippen LogP contribution in [0.3, 0.4) is 0 Å². The molecule has 2 aliphatic heterocycles. The predicted octanol–water partition coefficient (Wildman–Crippen LogP) is 1.54. The molecule has 4 amide bonds. The summed E-state index contributed by atoms with van der Waals surface area (Å²) in [7, 11) is 0. The summed E-state index contributed by atoms with van der Waals surface area (Å²) in [5, 5.41) is 14.2. The summed E-state index contributed by atoms with van der Waals surface area (Å²) in [6.45, 7) is 0.992. The van der Waals surface area contributed by atoms with Crippen LogP contribution in [0, 0.1) is 11.3 Å². The first-order valence-corrected chi connectivity index (χ1v) is 9.06. The summed E-state index contributed by atoms with van der Waals surface area (Å²) >= 11 is 0. The third-order valence-electron chi connectivity index (χ3n) is 5.10. The Bertz CT molecular complexity index is 1140. The molecule has 0 saturated carbocycles. The maximum Gasteiger partial charge on any atom is 0.325 e. The lowest BCUT2D eigenvalue weighted by Crippen LogP contribution is -2.41. The highest BCUT2D eigenvalue weighted by Gasteiger charge is 2.49. The van der Waals surface area contributed by atoms with Gasteiger partial charge in [-0.3, -0.25) is 19.3 Å². The van der Waals surface area contributed by atoms with Gasteiger partial charge in [0.25, 0.3) is 11.8 Å². The fourth-order valence-electron chi connectivity index (χ4n) is 3.41. The molecule has 2 aromatic rings. The molecule has 0 radical (unpaired) electrons. The Morgan fingerprint density at radius 1 is 1.20 bits per heavy atom. The number of Topliss-reactive ketones (excluding diaryl/α,β-unsaturated/α-hetero) is 1. The highest BCUT2D eigenvalue weighted by molar-refractivity contribution is 6.11. The van der Waals surface area contributed by atoms with Crippen LogP contribution in [0.1, 0.15) is 28.4 Å². The van der Waals surface area contributed by atoms with Gasteiger partial charge in [-0.05, 0) is 42.8 Å². The maximum absolute atomic E-state index is 13.0. The smallest absolute Gasteiger partial charge is 0.325 e. The second kappa shape index (κ2) is 7.00. The lowest BCUT2D eigenvalue weighted by Gasteiger charge is -2.22. The van der Waals surface area contributed by atoms with Gasteiger partial charge < -0.3 is 15.4 Å². The predicted molar refractivity (Wildman–Crippen MR) is 104 cm³/mol. The largest absolute Gasteiger partial charge is 0.482 e. The van der Waals surface area contributed by atoms with E-state index < -0.39 is 29.8 Å². The zero-order valence-corrected chi connectivity index (χ0v) is 15.9. The van der Waals surface area contributed by atoms with Crippen LogP contribution < -0.4 is 15.4 Å². The fraction of sp³-hybridized carbons (Fsp3) is 0.190. The Kier molecular flexibility index (Phi) is 4.47. The number of imide groups is 1. The second-order valence-electron chi connectivity index (χ2n) is 7.11. The SMILES string of the molecule is CC1(c2ccc(C#N)cc2)NC(=O)N(CC(=O)c2ccc3c(c2)NC(=O)CO3)C1=O. The number of urea groups is 1. The van der Waals surface area contributed by atoms with Crippen molar-refractivity contribution in [3.63, 3.8) is 0 Å². The van der Waals surface area contributed by atoms with E-state index in [1.54, 1.807) is 37.3 Å². The van der Waals surface area contributed by atoms with Crippen molar-refractivity contribution in [1.29, 1.82) is 5.26 Å². The van der Waals surface area contributed by atoms with E-state index in [2.05, 4.69) is 10.6 Å². The number of anilines is 1. The zero-order chi connectivity index (χ0) is 21.5. The number of carbonyl (C=O) groups excluding carboxylic acids is 4. The summed E-state index contributed by atoms with van der Waals surface area (Å²) in [6, 6.07) is 12.1. The Hall–Kier alpha value is -4.19. The van der Waals surface area contributed by atoms with Crippen LogP contribution in [0.2, 0.25) is 0 Å². The van der Waals surface area contributed by atoms with Gasteiger partial charge in [0.05, 0.1) is 23.9 Å². The van der Waals surface area contributed by atoms with Crippen molar-refractivity contribution in [2.75, 3.05) is 18.5 Å². The van der Waals surface area contributed by atoms with Crippen molar-refractivity contribution >= 4 is 29.3 Å². The van der Waals surface area contributed by atoms with E-state index in [4.69, 9.17) is 10.00 Å². The minimum Gasteiger partial charge on any atom is -0.482 e. The van der Waals surface area contributed by atoms with Crippen molar-refractivity contribution in [3.05, 3.63) is 59.2 Å². The summed E-state index contributed by atoms with van der Waals surface area (Å²) in [4.78, 5) is 50.5. The lowest BCUT2D eigenvalue weighted by molar-refractivity contribution is -0.130. The first-order chi connectivity index (χ1) is 14.3. The van der Waals surface area contributed by atoms with Crippen LogP contribution in [0.15, 0.2) is 42.5 Å². The number of benzene rings is 2. The van der Waals surface area contributed by atoms with Gasteiger partial charge in [0.2, 0.25) is 0 Å². The molecule has 2 heterocycles. The summed E-state index contributed by atoms with van der Waals surface area (Å²) in [6.07, 6.45) is 0. The molecule has 1 atom stereocenters. The minimum absolute atomic E-state index is 0.101. The van der Waals surface area contributed by atoms with Gasteiger partial charge in [0, 0.05) is 5.56 Å². The Labute approximate surface area is 171 Å². The van der Waals surface area contributed by atoms with Crippen molar-refractivity contribution in [2.45, 2.75) is 12.5 Å². The third-order valence-corrected chi connectivity index (χ3v) is 5.10. The van der Waals surface area contributed by atoms with Gasteiger partial charge in [0.1, 0.15) is 11.3 Å². The average molecular weight is 404 g/mol. The number of nitriles is 1. The second-order valence-corrected chi connectivity index (χ2v) is 7.11. The third kappa shape index (κ3) is 3.14. The van der Waals surface area contributed by atoms with E-state index in [-0.39, 0.29) is 18.1 Å². The summed E-state index contributed by atoms with van der Waals surface area (Å²) in [5.41, 5.74) is 0.171. The molecular weight excluding hydrogens is 388 g/mol. The molecular formula is C21H16N4O5. The van der Waals surface area contributed by atoms with Crippen molar-refractivity contribution in [1.82, 2.24) is 10.2 Å². The molecule has 1 unspecified atom stereocenters. The number of ether oxygens (including phenoxy) is 1. The van der Waals surface area contributed by atoms with Crippen molar-refractivity contribution < 1.29 is 23.9 Å². The molecule has 0 aromatic heterocycles. The number of nitrogens with zero attached hydrogens (tertiary/aromatic N) is 2. The number of hydrogen-bond donors (Lipinski definition) is 2. The molecule has 2 aliphatic rings.